The van der Waals surface area contributed by atoms with Crippen LogP contribution in [0.3, 0.4) is 0 Å². The predicted molar refractivity (Wildman–Crippen MR) is 104 cm³/mol. The normalized spacial score (nSPS) is 12.5. The Morgan fingerprint density at radius 3 is 2.25 bits per heavy atom. The zero-order chi connectivity index (χ0) is 20.7. The van der Waals surface area contributed by atoms with E-state index < -0.39 is 17.3 Å². The van der Waals surface area contributed by atoms with Crippen LogP contribution in [0.1, 0.15) is 22.8 Å². The number of hydrogen-bond donors (Lipinski definition) is 2. The molecule has 1 atom stereocenters. The molecule has 0 saturated carbocycles. The van der Waals surface area contributed by atoms with Gasteiger partial charge in [0.2, 0.25) is 0 Å². The van der Waals surface area contributed by atoms with Gasteiger partial charge < -0.3 is 20.1 Å². The van der Waals surface area contributed by atoms with Crippen LogP contribution >= 0.6 is 0 Å². The van der Waals surface area contributed by atoms with Crippen molar-refractivity contribution in [2.75, 3.05) is 27.2 Å². The van der Waals surface area contributed by atoms with Crippen LogP contribution in [0.4, 0.5) is 0 Å². The van der Waals surface area contributed by atoms with Crippen LogP contribution in [-0.4, -0.2) is 55.0 Å². The van der Waals surface area contributed by atoms with Crippen molar-refractivity contribution >= 4 is 17.8 Å². The second-order valence-corrected chi connectivity index (χ2v) is 6.76. The SMILES string of the molecule is CN(C)C(=O)COc1ccccc1C(=O)NCC(C)(C(=O)O)c1ccccc1. The number of ether oxygens (including phenoxy) is 1. The first-order valence-electron chi connectivity index (χ1n) is 8.75. The lowest BCUT2D eigenvalue weighted by Gasteiger charge is -2.26. The number of carboxylic acid groups (broad SMARTS) is 1. The van der Waals surface area contributed by atoms with Crippen LogP contribution in [0.2, 0.25) is 0 Å². The maximum absolute atomic E-state index is 12.7. The summed E-state index contributed by atoms with van der Waals surface area (Å²) >= 11 is 0. The van der Waals surface area contributed by atoms with E-state index in [1.807, 2.05) is 0 Å². The lowest BCUT2D eigenvalue weighted by atomic mass is 9.82. The minimum absolute atomic E-state index is 0.101. The van der Waals surface area contributed by atoms with Crippen LogP contribution in [0.25, 0.3) is 0 Å². The number of carbonyl (C=O) groups is 3. The maximum Gasteiger partial charge on any atom is 0.315 e. The fraction of sp³-hybridized carbons (Fsp3) is 0.286. The summed E-state index contributed by atoms with van der Waals surface area (Å²) in [5, 5.41) is 12.4. The molecule has 2 rings (SSSR count). The van der Waals surface area contributed by atoms with E-state index in [0.717, 1.165) is 0 Å². The molecule has 28 heavy (non-hydrogen) atoms. The Morgan fingerprint density at radius 2 is 1.64 bits per heavy atom. The zero-order valence-electron chi connectivity index (χ0n) is 16.1. The fourth-order valence-electron chi connectivity index (χ4n) is 2.51. The van der Waals surface area contributed by atoms with Crippen molar-refractivity contribution in [1.29, 1.82) is 0 Å². The molecule has 2 aromatic rings. The highest BCUT2D eigenvalue weighted by Gasteiger charge is 2.35. The molecule has 2 N–H and O–H groups in total. The van der Waals surface area contributed by atoms with Crippen LogP contribution in [0.15, 0.2) is 54.6 Å². The van der Waals surface area contributed by atoms with Gasteiger partial charge in [-0.3, -0.25) is 14.4 Å². The number of carboxylic acids is 1. The molecule has 2 aromatic carbocycles. The molecule has 0 heterocycles. The van der Waals surface area contributed by atoms with E-state index in [0.29, 0.717) is 5.56 Å². The van der Waals surface area contributed by atoms with Gasteiger partial charge >= 0.3 is 5.97 Å². The fourth-order valence-corrected chi connectivity index (χ4v) is 2.51. The van der Waals surface area contributed by atoms with E-state index in [4.69, 9.17) is 4.74 Å². The summed E-state index contributed by atoms with van der Waals surface area (Å²) in [5.41, 5.74) is -0.466. The number of nitrogens with one attached hydrogen (secondary N) is 1. The third kappa shape index (κ3) is 4.88. The Kier molecular flexibility index (Phi) is 6.76. The number of amides is 2. The van der Waals surface area contributed by atoms with Crippen LogP contribution in [0.5, 0.6) is 5.75 Å². The first-order valence-corrected chi connectivity index (χ1v) is 8.75. The van der Waals surface area contributed by atoms with Gasteiger partial charge in [0.15, 0.2) is 6.61 Å². The third-order valence-electron chi connectivity index (χ3n) is 4.47. The molecule has 7 nitrogen and oxygen atoms in total. The number of para-hydroxylation sites is 1. The Bertz CT molecular complexity index is 851. The second-order valence-electron chi connectivity index (χ2n) is 6.76. The van der Waals surface area contributed by atoms with Gasteiger partial charge in [0.25, 0.3) is 11.8 Å². The van der Waals surface area contributed by atoms with Crippen molar-refractivity contribution < 1.29 is 24.2 Å². The number of rotatable bonds is 8. The van der Waals surface area contributed by atoms with Crippen molar-refractivity contribution in [3.05, 3.63) is 65.7 Å². The molecule has 0 aliphatic carbocycles. The third-order valence-corrected chi connectivity index (χ3v) is 4.47. The first kappa shape index (κ1) is 21.0. The van der Waals surface area contributed by atoms with Crippen LogP contribution in [0, 0.1) is 0 Å². The topological polar surface area (TPSA) is 95.9 Å². The van der Waals surface area contributed by atoms with Gasteiger partial charge in [0, 0.05) is 20.6 Å². The lowest BCUT2D eigenvalue weighted by Crippen LogP contribution is -2.44. The molecule has 0 bridgehead atoms. The number of carbonyl (C=O) groups excluding carboxylic acids is 2. The summed E-state index contributed by atoms with van der Waals surface area (Å²) in [6, 6.07) is 15.2. The molecule has 0 aliphatic rings. The predicted octanol–water partition coefficient (Wildman–Crippen LogP) is 1.93. The van der Waals surface area contributed by atoms with Crippen LogP contribution in [-0.2, 0) is 15.0 Å². The summed E-state index contributed by atoms with van der Waals surface area (Å²) in [7, 11) is 3.22. The van der Waals surface area contributed by atoms with Gasteiger partial charge in [-0.25, -0.2) is 0 Å². The quantitative estimate of drug-likeness (QED) is 0.725. The number of aliphatic carboxylic acids is 1. The molecule has 7 heteroatoms. The number of nitrogens with zero attached hydrogens (tertiary/aromatic N) is 1. The molecule has 0 aromatic heterocycles. The summed E-state index contributed by atoms with van der Waals surface area (Å²) in [4.78, 5) is 37.6. The molecule has 0 saturated heterocycles. The van der Waals surface area contributed by atoms with E-state index in [2.05, 4.69) is 5.32 Å². The molecule has 1 unspecified atom stereocenters. The molecule has 0 fully saturated rings. The summed E-state index contributed by atoms with van der Waals surface area (Å²) < 4.78 is 5.48. The van der Waals surface area contributed by atoms with Gasteiger partial charge in [0.05, 0.1) is 5.56 Å². The van der Waals surface area contributed by atoms with Gasteiger partial charge in [-0.05, 0) is 24.6 Å². The molecular weight excluding hydrogens is 360 g/mol. The highest BCUT2D eigenvalue weighted by molar-refractivity contribution is 5.97. The number of likely N-dealkylation sites (N-methyl/N-ethyl adjacent to an activating group) is 1. The molecule has 0 aliphatic heterocycles. The largest absolute Gasteiger partial charge is 0.483 e. The summed E-state index contributed by atoms with van der Waals surface area (Å²) in [6.07, 6.45) is 0. The van der Waals surface area contributed by atoms with Gasteiger partial charge in [-0.15, -0.1) is 0 Å². The van der Waals surface area contributed by atoms with E-state index >= 15 is 0 Å². The Balaban J connectivity index is 2.14. The minimum Gasteiger partial charge on any atom is -0.483 e. The Morgan fingerprint density at radius 1 is 1.04 bits per heavy atom. The first-order chi connectivity index (χ1) is 13.3. The highest BCUT2D eigenvalue weighted by atomic mass is 16.5. The van der Waals surface area contributed by atoms with Gasteiger partial charge in [-0.1, -0.05) is 42.5 Å². The van der Waals surface area contributed by atoms with Gasteiger partial charge in [0.1, 0.15) is 11.2 Å². The van der Waals surface area contributed by atoms with E-state index in [1.54, 1.807) is 75.6 Å². The molecule has 148 valence electrons. The van der Waals surface area contributed by atoms with Crippen molar-refractivity contribution in [2.45, 2.75) is 12.3 Å². The summed E-state index contributed by atoms with van der Waals surface area (Å²) in [6.45, 7) is 1.26. The monoisotopic (exact) mass is 384 g/mol. The van der Waals surface area contributed by atoms with E-state index in [9.17, 15) is 19.5 Å². The highest BCUT2D eigenvalue weighted by Crippen LogP contribution is 2.24. The average Bonchev–Trinajstić information content (AvgIpc) is 2.70. The van der Waals surface area contributed by atoms with Crippen molar-refractivity contribution in [3.8, 4) is 5.75 Å². The minimum atomic E-state index is -1.28. The van der Waals surface area contributed by atoms with Crippen molar-refractivity contribution in [2.24, 2.45) is 0 Å². The smallest absolute Gasteiger partial charge is 0.315 e. The molecule has 0 radical (unpaired) electrons. The average molecular weight is 384 g/mol. The van der Waals surface area contributed by atoms with Crippen LogP contribution < -0.4 is 10.1 Å². The zero-order valence-corrected chi connectivity index (χ0v) is 16.1. The number of benzene rings is 2. The number of hydrogen-bond acceptors (Lipinski definition) is 4. The van der Waals surface area contributed by atoms with Gasteiger partial charge in [-0.2, -0.15) is 0 Å². The molecular formula is C21H24N2O5. The lowest BCUT2D eigenvalue weighted by molar-refractivity contribution is -0.143. The van der Waals surface area contributed by atoms with Crippen molar-refractivity contribution in [3.63, 3.8) is 0 Å². The molecule has 0 spiro atoms. The summed E-state index contributed by atoms with van der Waals surface area (Å²) in [5.74, 6) is -1.50. The maximum atomic E-state index is 12.7. The van der Waals surface area contributed by atoms with Crippen molar-refractivity contribution in [1.82, 2.24) is 10.2 Å². The second kappa shape index (κ2) is 9.03. The van der Waals surface area contributed by atoms with E-state index in [1.165, 1.54) is 4.90 Å². The standard InChI is InChI=1S/C21H24N2O5/c1-21(20(26)27,15-9-5-4-6-10-15)14-22-19(25)16-11-7-8-12-17(16)28-13-18(24)23(2)3/h4-12H,13-14H2,1-3H3,(H,22,25)(H,26,27). The van der Waals surface area contributed by atoms with E-state index in [-0.39, 0.29) is 30.4 Å². The molecule has 2 amide bonds. The Labute approximate surface area is 163 Å². The Hall–Kier alpha value is -3.35.